The van der Waals surface area contributed by atoms with Gasteiger partial charge in [-0.15, -0.1) is 0 Å². The highest BCUT2D eigenvalue weighted by Gasteiger charge is 2.35. The van der Waals surface area contributed by atoms with Crippen LogP contribution in [0.1, 0.15) is 37.4 Å². The Labute approximate surface area is 130 Å². The second-order valence-corrected chi connectivity index (χ2v) is 6.53. The Balaban J connectivity index is 2.28. The molecule has 0 aliphatic carbocycles. The van der Waals surface area contributed by atoms with E-state index in [1.54, 1.807) is 0 Å². The van der Waals surface area contributed by atoms with Gasteiger partial charge in [0.05, 0.1) is 15.8 Å². The highest BCUT2D eigenvalue weighted by molar-refractivity contribution is 7.16. The molecular formula is C15H18F3N3S. The van der Waals surface area contributed by atoms with Crippen molar-refractivity contribution >= 4 is 21.6 Å². The topological polar surface area (TPSA) is 32.0 Å². The predicted molar refractivity (Wildman–Crippen MR) is 81.0 cm³/mol. The molecule has 2 heterocycles. The lowest BCUT2D eigenvalue weighted by atomic mass is 9.95. The third kappa shape index (κ3) is 2.36. The van der Waals surface area contributed by atoms with Crippen molar-refractivity contribution in [2.75, 3.05) is 13.1 Å². The van der Waals surface area contributed by atoms with E-state index in [1.165, 1.54) is 12.1 Å². The molecule has 7 heteroatoms. The van der Waals surface area contributed by atoms with Crippen molar-refractivity contribution < 1.29 is 13.2 Å². The summed E-state index contributed by atoms with van der Waals surface area (Å²) in [6, 6.07) is 2.46. The number of aromatic nitrogens is 1. The first-order valence-electron chi connectivity index (χ1n) is 7.40. The van der Waals surface area contributed by atoms with Gasteiger partial charge in [0.25, 0.3) is 0 Å². The fourth-order valence-corrected chi connectivity index (χ4v) is 4.35. The largest absolute Gasteiger partial charge is 0.416 e. The van der Waals surface area contributed by atoms with E-state index in [4.69, 9.17) is 5.41 Å². The van der Waals surface area contributed by atoms with Crippen LogP contribution in [0, 0.1) is 5.41 Å². The van der Waals surface area contributed by atoms with E-state index in [-0.39, 0.29) is 6.04 Å². The smallest absolute Gasteiger partial charge is 0.317 e. The molecule has 0 bridgehead atoms. The van der Waals surface area contributed by atoms with Gasteiger partial charge in [-0.1, -0.05) is 25.2 Å². The van der Waals surface area contributed by atoms with E-state index in [9.17, 15) is 13.2 Å². The first kappa shape index (κ1) is 15.6. The molecule has 0 saturated carbocycles. The van der Waals surface area contributed by atoms with Gasteiger partial charge in [0.2, 0.25) is 0 Å². The quantitative estimate of drug-likeness (QED) is 0.907. The number of hydrogen-bond donors (Lipinski definition) is 1. The highest BCUT2D eigenvalue weighted by Crippen LogP contribution is 2.40. The molecule has 1 atom stereocenters. The van der Waals surface area contributed by atoms with Crippen LogP contribution in [-0.2, 0) is 12.7 Å². The molecule has 0 unspecified atom stereocenters. The minimum atomic E-state index is -4.35. The van der Waals surface area contributed by atoms with E-state index in [1.807, 2.05) is 18.4 Å². The van der Waals surface area contributed by atoms with Gasteiger partial charge in [0, 0.05) is 12.6 Å². The Morgan fingerprint density at radius 1 is 1.32 bits per heavy atom. The molecule has 3 nitrogen and oxygen atoms in total. The zero-order chi connectivity index (χ0) is 16.1. The standard InChI is InChI=1S/C15H18F3N3S/c1-3-20(4-2)11-5-6-21-13-10(11)7-9(15(16,17)18)8-12(13)22-14(21)19/h7-8,11,19H,3-6H2,1-2H3/t11-/m1/s1. The molecule has 1 aromatic heterocycles. The number of aryl methyl sites for hydroxylation is 1. The molecule has 0 fully saturated rings. The third-order valence-corrected chi connectivity index (χ3v) is 5.34. The molecule has 2 aromatic rings. The summed E-state index contributed by atoms with van der Waals surface area (Å²) in [4.78, 5) is 2.52. The van der Waals surface area contributed by atoms with Crippen LogP contribution in [0.15, 0.2) is 12.1 Å². The number of alkyl halides is 3. The van der Waals surface area contributed by atoms with Crippen LogP contribution in [0.2, 0.25) is 0 Å². The summed E-state index contributed by atoms with van der Waals surface area (Å²) < 4.78 is 42.0. The molecule has 22 heavy (non-hydrogen) atoms. The zero-order valence-corrected chi connectivity index (χ0v) is 13.3. The Morgan fingerprint density at radius 2 is 2.00 bits per heavy atom. The van der Waals surface area contributed by atoms with Crippen molar-refractivity contribution in [1.29, 1.82) is 5.41 Å². The average Bonchev–Trinajstić information content (AvgIpc) is 2.78. The predicted octanol–water partition coefficient (Wildman–Crippen LogP) is 3.99. The molecule has 0 spiro atoms. The molecule has 1 aliphatic rings. The molecular weight excluding hydrogens is 311 g/mol. The maximum absolute atomic E-state index is 13.2. The summed E-state index contributed by atoms with van der Waals surface area (Å²) in [5.41, 5.74) is 0.920. The maximum Gasteiger partial charge on any atom is 0.416 e. The summed E-state index contributed by atoms with van der Waals surface area (Å²) in [5, 5.41) is 8.01. The van der Waals surface area contributed by atoms with Gasteiger partial charge in [-0.3, -0.25) is 10.3 Å². The Kier molecular flexibility index (Phi) is 3.81. The number of benzene rings is 1. The van der Waals surface area contributed by atoms with Crippen LogP contribution in [0.4, 0.5) is 13.2 Å². The van der Waals surface area contributed by atoms with Gasteiger partial charge in [-0.05, 0) is 37.2 Å². The summed E-state index contributed by atoms with van der Waals surface area (Å²) in [7, 11) is 0. The summed E-state index contributed by atoms with van der Waals surface area (Å²) in [6.07, 6.45) is -3.61. The fourth-order valence-electron chi connectivity index (χ4n) is 3.34. The van der Waals surface area contributed by atoms with Crippen LogP contribution in [0.3, 0.4) is 0 Å². The third-order valence-electron chi connectivity index (χ3n) is 4.39. The molecule has 1 N–H and O–H groups in total. The first-order valence-corrected chi connectivity index (χ1v) is 8.21. The van der Waals surface area contributed by atoms with Crippen molar-refractivity contribution in [3.05, 3.63) is 28.1 Å². The van der Waals surface area contributed by atoms with Crippen molar-refractivity contribution in [1.82, 2.24) is 9.47 Å². The highest BCUT2D eigenvalue weighted by atomic mass is 32.1. The lowest BCUT2D eigenvalue weighted by Crippen LogP contribution is -2.33. The summed E-state index contributed by atoms with van der Waals surface area (Å²) >= 11 is 1.13. The van der Waals surface area contributed by atoms with Crippen LogP contribution >= 0.6 is 11.3 Å². The first-order chi connectivity index (χ1) is 10.4. The zero-order valence-electron chi connectivity index (χ0n) is 12.5. The number of hydrogen-bond acceptors (Lipinski definition) is 3. The maximum atomic E-state index is 13.2. The fraction of sp³-hybridized carbons (Fsp3) is 0.533. The van der Waals surface area contributed by atoms with Crippen molar-refractivity contribution in [3.8, 4) is 0 Å². The van der Waals surface area contributed by atoms with Crippen molar-refractivity contribution in [2.45, 2.75) is 39.0 Å². The van der Waals surface area contributed by atoms with Crippen LogP contribution in [0.25, 0.3) is 10.2 Å². The monoisotopic (exact) mass is 329 g/mol. The lowest BCUT2D eigenvalue weighted by molar-refractivity contribution is -0.137. The number of nitrogens with one attached hydrogen (secondary N) is 1. The normalized spacial score (nSPS) is 18.4. The van der Waals surface area contributed by atoms with Crippen LogP contribution < -0.4 is 4.80 Å². The lowest BCUT2D eigenvalue weighted by Gasteiger charge is -2.34. The average molecular weight is 329 g/mol. The molecule has 0 saturated heterocycles. The van der Waals surface area contributed by atoms with Gasteiger partial charge in [0.15, 0.2) is 4.80 Å². The van der Waals surface area contributed by atoms with E-state index in [0.717, 1.165) is 41.9 Å². The van der Waals surface area contributed by atoms with Crippen molar-refractivity contribution in [3.63, 3.8) is 0 Å². The van der Waals surface area contributed by atoms with Gasteiger partial charge < -0.3 is 4.57 Å². The number of nitrogens with zero attached hydrogens (tertiary/aromatic N) is 2. The number of halogens is 3. The molecule has 1 aliphatic heterocycles. The Bertz CT molecular complexity index is 756. The molecule has 0 radical (unpaired) electrons. The Morgan fingerprint density at radius 3 is 2.59 bits per heavy atom. The number of rotatable bonds is 3. The van der Waals surface area contributed by atoms with Crippen LogP contribution in [-0.4, -0.2) is 22.6 Å². The molecule has 3 rings (SSSR count). The van der Waals surface area contributed by atoms with Crippen molar-refractivity contribution in [2.24, 2.45) is 0 Å². The number of thiazole rings is 1. The van der Waals surface area contributed by atoms with Gasteiger partial charge >= 0.3 is 6.18 Å². The summed E-state index contributed by atoms with van der Waals surface area (Å²) in [5.74, 6) is 0. The molecule has 1 aromatic carbocycles. The van der Waals surface area contributed by atoms with Gasteiger partial charge in [-0.2, -0.15) is 13.2 Å². The van der Waals surface area contributed by atoms with E-state index in [2.05, 4.69) is 4.90 Å². The van der Waals surface area contributed by atoms with E-state index < -0.39 is 11.7 Å². The second kappa shape index (κ2) is 5.38. The van der Waals surface area contributed by atoms with Crippen LogP contribution in [0.5, 0.6) is 0 Å². The minimum absolute atomic E-state index is 0.00574. The summed E-state index contributed by atoms with van der Waals surface area (Å²) in [6.45, 7) is 6.35. The van der Waals surface area contributed by atoms with Gasteiger partial charge in [0.1, 0.15) is 0 Å². The second-order valence-electron chi connectivity index (χ2n) is 5.49. The molecule has 0 amide bonds. The Hall–Kier alpha value is -1.34. The van der Waals surface area contributed by atoms with Gasteiger partial charge in [-0.25, -0.2) is 0 Å². The van der Waals surface area contributed by atoms with E-state index >= 15 is 0 Å². The van der Waals surface area contributed by atoms with E-state index in [0.29, 0.717) is 16.0 Å². The minimum Gasteiger partial charge on any atom is -0.317 e. The SMILES string of the molecule is CCN(CC)[C@@H]1CCn2c(=N)sc3cc(C(F)(F)F)cc1c32. The molecule has 120 valence electrons.